The fraction of sp³-hybridized carbons (Fsp3) is 0.278. The number of nitrogens with zero attached hydrogens (tertiary/aromatic N) is 4. The van der Waals surface area contributed by atoms with Crippen LogP contribution in [-0.2, 0) is 13.0 Å². The van der Waals surface area contributed by atoms with Crippen LogP contribution >= 0.6 is 27.3 Å². The first kappa shape index (κ1) is 16.5. The molecule has 0 bridgehead atoms. The zero-order valence-electron chi connectivity index (χ0n) is 14.0. The minimum absolute atomic E-state index is 0.0783. The van der Waals surface area contributed by atoms with Crippen molar-refractivity contribution in [2.24, 2.45) is 0 Å². The smallest absolute Gasteiger partial charge is 0.254 e. The molecule has 5 nitrogen and oxygen atoms in total. The number of thiophene rings is 1. The van der Waals surface area contributed by atoms with Gasteiger partial charge in [-0.05, 0) is 36.2 Å². The minimum atomic E-state index is 0.0783. The monoisotopic (exact) mass is 416 g/mol. The molecule has 0 saturated heterocycles. The Balaban J connectivity index is 1.68. The molecule has 1 aliphatic rings. The van der Waals surface area contributed by atoms with Crippen LogP contribution in [0.25, 0.3) is 10.2 Å². The molecule has 1 aliphatic heterocycles. The van der Waals surface area contributed by atoms with E-state index in [1.807, 2.05) is 48.2 Å². The Morgan fingerprint density at radius 3 is 2.72 bits per heavy atom. The Morgan fingerprint density at radius 2 is 2.00 bits per heavy atom. The number of carbonyl (C=O) groups excluding carboxylic acids is 1. The van der Waals surface area contributed by atoms with Crippen LogP contribution in [0.15, 0.2) is 35.1 Å². The summed E-state index contributed by atoms with van der Waals surface area (Å²) in [6, 6.07) is 7.53. The zero-order chi connectivity index (χ0) is 17.6. The van der Waals surface area contributed by atoms with E-state index in [2.05, 4.69) is 25.9 Å². The molecule has 7 heteroatoms. The molecule has 3 heterocycles. The van der Waals surface area contributed by atoms with Gasteiger partial charge in [0.15, 0.2) is 0 Å². The molecule has 2 aromatic heterocycles. The second kappa shape index (κ2) is 6.38. The van der Waals surface area contributed by atoms with Gasteiger partial charge in [-0.1, -0.05) is 15.9 Å². The number of halogens is 1. The molecule has 25 heavy (non-hydrogen) atoms. The maximum atomic E-state index is 12.8. The fourth-order valence-electron chi connectivity index (χ4n) is 3.20. The normalized spacial score (nSPS) is 13.8. The molecule has 0 spiro atoms. The Morgan fingerprint density at radius 1 is 1.24 bits per heavy atom. The van der Waals surface area contributed by atoms with E-state index >= 15 is 0 Å². The average Bonchev–Trinajstić information content (AvgIpc) is 2.99. The van der Waals surface area contributed by atoms with Gasteiger partial charge in [-0.15, -0.1) is 11.3 Å². The Kier molecular flexibility index (Phi) is 4.21. The molecule has 0 aliphatic carbocycles. The predicted octanol–water partition coefficient (Wildman–Crippen LogP) is 3.72. The second-order valence-electron chi connectivity index (χ2n) is 6.26. The van der Waals surface area contributed by atoms with Gasteiger partial charge in [0.25, 0.3) is 5.91 Å². The van der Waals surface area contributed by atoms with Gasteiger partial charge < -0.3 is 9.80 Å². The van der Waals surface area contributed by atoms with Gasteiger partial charge in [0.05, 0.1) is 11.9 Å². The van der Waals surface area contributed by atoms with E-state index in [0.29, 0.717) is 6.54 Å². The van der Waals surface area contributed by atoms with Crippen molar-refractivity contribution in [2.45, 2.75) is 13.0 Å². The van der Waals surface area contributed by atoms with Crippen molar-refractivity contribution < 1.29 is 4.79 Å². The predicted molar refractivity (Wildman–Crippen MR) is 104 cm³/mol. The largest absolute Gasteiger partial charge is 0.362 e. The van der Waals surface area contributed by atoms with Crippen molar-refractivity contribution in [1.82, 2.24) is 14.9 Å². The number of hydrogen-bond acceptors (Lipinski definition) is 5. The molecular formula is C18H17BrN4OS. The summed E-state index contributed by atoms with van der Waals surface area (Å²) in [5.41, 5.74) is 2.02. The molecule has 0 unspecified atom stereocenters. The van der Waals surface area contributed by atoms with Gasteiger partial charge in [0.1, 0.15) is 17.0 Å². The van der Waals surface area contributed by atoms with Gasteiger partial charge in [0, 0.05) is 35.6 Å². The quantitative estimate of drug-likeness (QED) is 0.638. The van der Waals surface area contributed by atoms with Crippen molar-refractivity contribution in [3.63, 3.8) is 0 Å². The van der Waals surface area contributed by atoms with Crippen molar-refractivity contribution in [2.75, 3.05) is 25.5 Å². The third kappa shape index (κ3) is 2.91. The SMILES string of the molecule is CN(C)c1ncnc2sc3c(c12)CCN(C(=O)c1ccc(Br)cc1)C3. The van der Waals surface area contributed by atoms with Gasteiger partial charge >= 0.3 is 0 Å². The molecule has 0 radical (unpaired) electrons. The summed E-state index contributed by atoms with van der Waals surface area (Å²) < 4.78 is 0.976. The third-order valence-electron chi connectivity index (χ3n) is 4.42. The summed E-state index contributed by atoms with van der Waals surface area (Å²) in [5.74, 6) is 1.03. The highest BCUT2D eigenvalue weighted by Crippen LogP contribution is 2.38. The molecule has 4 rings (SSSR count). The molecule has 0 atom stereocenters. The van der Waals surface area contributed by atoms with Gasteiger partial charge in [-0.25, -0.2) is 9.97 Å². The number of rotatable bonds is 2. The van der Waals surface area contributed by atoms with E-state index in [-0.39, 0.29) is 5.91 Å². The summed E-state index contributed by atoms with van der Waals surface area (Å²) >= 11 is 5.08. The minimum Gasteiger partial charge on any atom is -0.362 e. The molecule has 128 valence electrons. The van der Waals surface area contributed by atoms with Crippen LogP contribution in [0, 0.1) is 0 Å². The van der Waals surface area contributed by atoms with Crippen molar-refractivity contribution in [3.05, 3.63) is 51.1 Å². The van der Waals surface area contributed by atoms with E-state index in [9.17, 15) is 4.79 Å². The average molecular weight is 417 g/mol. The number of aromatic nitrogens is 2. The highest BCUT2D eigenvalue weighted by molar-refractivity contribution is 9.10. The van der Waals surface area contributed by atoms with Crippen LogP contribution in [0.1, 0.15) is 20.8 Å². The lowest BCUT2D eigenvalue weighted by Crippen LogP contribution is -2.35. The van der Waals surface area contributed by atoms with Gasteiger partial charge in [-0.2, -0.15) is 0 Å². The van der Waals surface area contributed by atoms with E-state index < -0.39 is 0 Å². The maximum Gasteiger partial charge on any atom is 0.254 e. The number of carbonyl (C=O) groups is 1. The van der Waals surface area contributed by atoms with E-state index in [1.165, 1.54) is 10.4 Å². The fourth-order valence-corrected chi connectivity index (χ4v) is 4.66. The molecule has 0 fully saturated rings. The Bertz CT molecular complexity index is 952. The number of hydrogen-bond donors (Lipinski definition) is 0. The van der Waals surface area contributed by atoms with E-state index in [4.69, 9.17) is 0 Å². The summed E-state index contributed by atoms with van der Waals surface area (Å²) in [4.78, 5) is 27.8. The molecule has 3 aromatic rings. The van der Waals surface area contributed by atoms with E-state index in [0.717, 1.165) is 39.0 Å². The number of amides is 1. The second-order valence-corrected chi connectivity index (χ2v) is 8.26. The summed E-state index contributed by atoms with van der Waals surface area (Å²) in [6.45, 7) is 1.35. The lowest BCUT2D eigenvalue weighted by atomic mass is 10.0. The first-order valence-electron chi connectivity index (χ1n) is 8.02. The Labute approximate surface area is 158 Å². The summed E-state index contributed by atoms with van der Waals surface area (Å²) in [5, 5.41) is 1.14. The van der Waals surface area contributed by atoms with Crippen LogP contribution in [0.4, 0.5) is 5.82 Å². The molecule has 0 saturated carbocycles. The van der Waals surface area contributed by atoms with Crippen LogP contribution < -0.4 is 4.90 Å². The highest BCUT2D eigenvalue weighted by atomic mass is 79.9. The van der Waals surface area contributed by atoms with Gasteiger partial charge in [0.2, 0.25) is 0 Å². The summed E-state index contributed by atoms with van der Waals surface area (Å²) in [7, 11) is 4.00. The van der Waals surface area contributed by atoms with Crippen LogP contribution in [0.3, 0.4) is 0 Å². The molecule has 0 N–H and O–H groups in total. The first-order valence-corrected chi connectivity index (χ1v) is 9.63. The maximum absolute atomic E-state index is 12.8. The van der Waals surface area contributed by atoms with Crippen molar-refractivity contribution >= 4 is 49.2 Å². The van der Waals surface area contributed by atoms with Crippen LogP contribution in [0.5, 0.6) is 0 Å². The van der Waals surface area contributed by atoms with Crippen LogP contribution in [0.2, 0.25) is 0 Å². The standard InChI is InChI=1S/C18H17BrN4OS/c1-22(2)16-15-13-7-8-23(9-14(13)25-17(15)21-10-20-16)18(24)11-3-5-12(19)6-4-11/h3-6,10H,7-9H2,1-2H3. The molecule has 1 amide bonds. The number of benzene rings is 1. The highest BCUT2D eigenvalue weighted by Gasteiger charge is 2.27. The molecule has 1 aromatic carbocycles. The topological polar surface area (TPSA) is 49.3 Å². The first-order chi connectivity index (χ1) is 12.0. The lowest BCUT2D eigenvalue weighted by molar-refractivity contribution is 0.0737. The number of anilines is 1. The van der Waals surface area contributed by atoms with Crippen LogP contribution in [-0.4, -0.2) is 41.4 Å². The zero-order valence-corrected chi connectivity index (χ0v) is 16.4. The lowest BCUT2D eigenvalue weighted by Gasteiger charge is -2.27. The molecular weight excluding hydrogens is 400 g/mol. The summed E-state index contributed by atoms with van der Waals surface area (Å²) in [6.07, 6.45) is 2.45. The number of fused-ring (bicyclic) bond motifs is 3. The van der Waals surface area contributed by atoms with Gasteiger partial charge in [-0.3, -0.25) is 4.79 Å². The van der Waals surface area contributed by atoms with Crippen molar-refractivity contribution in [1.29, 1.82) is 0 Å². The van der Waals surface area contributed by atoms with Crippen molar-refractivity contribution in [3.8, 4) is 0 Å². The van der Waals surface area contributed by atoms with E-state index in [1.54, 1.807) is 17.7 Å². The third-order valence-corrected chi connectivity index (χ3v) is 6.07. The Hall–Kier alpha value is -1.99.